The van der Waals surface area contributed by atoms with E-state index in [0.717, 1.165) is 99.0 Å². The molecule has 0 aliphatic carbocycles. The lowest BCUT2D eigenvalue weighted by Gasteiger charge is -2.14. The highest BCUT2D eigenvalue weighted by Crippen LogP contribution is 2.42. The summed E-state index contributed by atoms with van der Waals surface area (Å²) in [5, 5.41) is 13.3. The highest BCUT2D eigenvalue weighted by molar-refractivity contribution is 6.26. The van der Waals surface area contributed by atoms with Crippen molar-refractivity contribution in [3.63, 3.8) is 0 Å². The topological polar surface area (TPSA) is 78.1 Å². The molecular formula is C63H35N3O3. The maximum Gasteiger partial charge on any atom is 0.164 e. The number of para-hydroxylation sites is 2. The summed E-state index contributed by atoms with van der Waals surface area (Å²) in [5.41, 5.74) is 12.0. The molecule has 0 N–H and O–H groups in total. The van der Waals surface area contributed by atoms with Gasteiger partial charge in [-0.25, -0.2) is 15.0 Å². The zero-order chi connectivity index (χ0) is 45.2. The van der Waals surface area contributed by atoms with E-state index in [4.69, 9.17) is 28.2 Å². The van der Waals surface area contributed by atoms with Crippen LogP contribution in [0, 0.1) is 0 Å². The van der Waals surface area contributed by atoms with Crippen LogP contribution < -0.4 is 0 Å². The molecule has 4 heterocycles. The fourth-order valence-corrected chi connectivity index (χ4v) is 10.6. The van der Waals surface area contributed by atoms with Gasteiger partial charge in [0.05, 0.1) is 0 Å². The standard InChI is InChI=1S/C63H35N3O3/c1-2-11-36(12-3-1)37-21-26-44-45-27-22-40(34-51(45)43-14-5-4-13-42(43)50(44)31-37)61-64-62(41-23-28-48-46-15-6-8-18-54(46)69-59(48)35-41)66-63(65-61)49-17-10-20-58-60(49)53-33-39(25-30-57(53)68-58)38-24-29-56-52(32-38)47-16-7-9-19-55(47)67-56/h1-35H. The number of aromatic nitrogens is 3. The first-order chi connectivity index (χ1) is 34.1. The largest absolute Gasteiger partial charge is 0.456 e. The van der Waals surface area contributed by atoms with Gasteiger partial charge in [0.15, 0.2) is 17.5 Å². The van der Waals surface area contributed by atoms with Gasteiger partial charge in [0.25, 0.3) is 0 Å². The highest BCUT2D eigenvalue weighted by atomic mass is 16.3. The van der Waals surface area contributed by atoms with Crippen LogP contribution in [-0.2, 0) is 0 Å². The minimum absolute atomic E-state index is 0.542. The van der Waals surface area contributed by atoms with Crippen LogP contribution in [0.4, 0.5) is 0 Å². The summed E-state index contributed by atoms with van der Waals surface area (Å²) in [6, 6.07) is 74.1. The normalized spacial score (nSPS) is 12.1. The van der Waals surface area contributed by atoms with E-state index in [1.165, 1.54) is 38.1 Å². The first-order valence-electron chi connectivity index (χ1n) is 23.1. The monoisotopic (exact) mass is 881 g/mol. The van der Waals surface area contributed by atoms with Gasteiger partial charge in [-0.1, -0.05) is 146 Å². The molecule has 0 fully saturated rings. The number of nitrogens with zero attached hydrogens (tertiary/aromatic N) is 3. The summed E-state index contributed by atoms with van der Waals surface area (Å²) in [7, 11) is 0. The molecule has 320 valence electrons. The molecular weight excluding hydrogens is 847 g/mol. The minimum atomic E-state index is 0.542. The van der Waals surface area contributed by atoms with E-state index < -0.39 is 0 Å². The molecule has 0 aliphatic heterocycles. The van der Waals surface area contributed by atoms with Crippen molar-refractivity contribution in [2.45, 2.75) is 0 Å². The molecule has 0 saturated heterocycles. The fourth-order valence-electron chi connectivity index (χ4n) is 10.6. The molecule has 0 saturated carbocycles. The average Bonchev–Trinajstić information content (AvgIpc) is 4.11. The molecule has 0 unspecified atom stereocenters. The molecule has 4 aromatic heterocycles. The van der Waals surface area contributed by atoms with E-state index >= 15 is 0 Å². The molecule has 15 aromatic rings. The Balaban J connectivity index is 0.937. The lowest BCUT2D eigenvalue weighted by Crippen LogP contribution is -2.00. The number of furan rings is 3. The Kier molecular flexibility index (Phi) is 7.97. The maximum absolute atomic E-state index is 6.59. The van der Waals surface area contributed by atoms with Crippen LogP contribution in [-0.4, -0.2) is 15.0 Å². The van der Waals surface area contributed by atoms with Crippen LogP contribution in [0.25, 0.3) is 155 Å². The summed E-state index contributed by atoms with van der Waals surface area (Å²) in [6.07, 6.45) is 0. The maximum atomic E-state index is 6.59. The summed E-state index contributed by atoms with van der Waals surface area (Å²) in [5.74, 6) is 1.65. The molecule has 0 radical (unpaired) electrons. The molecule has 11 aromatic carbocycles. The van der Waals surface area contributed by atoms with E-state index in [2.05, 4.69) is 164 Å². The Morgan fingerprint density at radius 1 is 0.217 bits per heavy atom. The molecule has 6 heteroatoms. The quantitative estimate of drug-likeness (QED) is 0.160. The van der Waals surface area contributed by atoms with Crippen LogP contribution in [0.1, 0.15) is 0 Å². The summed E-state index contributed by atoms with van der Waals surface area (Å²) < 4.78 is 19.2. The van der Waals surface area contributed by atoms with Crippen molar-refractivity contribution in [3.05, 3.63) is 212 Å². The Labute approximate surface area is 393 Å². The third-order valence-corrected chi connectivity index (χ3v) is 13.9. The number of hydrogen-bond donors (Lipinski definition) is 0. The number of fused-ring (bicyclic) bond motifs is 15. The van der Waals surface area contributed by atoms with Gasteiger partial charge in [-0.05, 0) is 121 Å². The second-order valence-electron chi connectivity index (χ2n) is 17.8. The van der Waals surface area contributed by atoms with Gasteiger partial charge in [0.1, 0.15) is 33.5 Å². The molecule has 0 bridgehead atoms. The predicted octanol–water partition coefficient (Wildman–Crippen LogP) is 17.4. The Hall–Kier alpha value is -9.39. The summed E-state index contributed by atoms with van der Waals surface area (Å²) >= 11 is 0. The summed E-state index contributed by atoms with van der Waals surface area (Å²) in [6.45, 7) is 0. The lowest BCUT2D eigenvalue weighted by molar-refractivity contribution is 0.668. The molecule has 69 heavy (non-hydrogen) atoms. The predicted molar refractivity (Wildman–Crippen MR) is 281 cm³/mol. The SMILES string of the molecule is c1ccc(-c2ccc3c4ccc(-c5nc(-c6ccc7c(c6)oc6ccccc67)nc(-c6cccc7oc8ccc(-c9ccc%10oc%11ccccc%11c%10c9)cc8c67)n5)cc4c4ccccc4c3c2)cc1. The van der Waals surface area contributed by atoms with Gasteiger partial charge in [-0.3, -0.25) is 0 Å². The Bertz CT molecular complexity index is 4600. The molecule has 0 atom stereocenters. The highest BCUT2D eigenvalue weighted by Gasteiger charge is 2.21. The van der Waals surface area contributed by atoms with Crippen molar-refractivity contribution in [2.75, 3.05) is 0 Å². The zero-order valence-corrected chi connectivity index (χ0v) is 36.8. The third-order valence-electron chi connectivity index (χ3n) is 13.9. The second-order valence-corrected chi connectivity index (χ2v) is 17.8. The van der Waals surface area contributed by atoms with Gasteiger partial charge in [0, 0.05) is 49.0 Å². The fraction of sp³-hybridized carbons (Fsp3) is 0. The lowest BCUT2D eigenvalue weighted by atomic mass is 9.91. The van der Waals surface area contributed by atoms with E-state index in [1.807, 2.05) is 48.5 Å². The van der Waals surface area contributed by atoms with Gasteiger partial charge < -0.3 is 13.3 Å². The molecule has 0 amide bonds. The van der Waals surface area contributed by atoms with E-state index in [1.54, 1.807) is 0 Å². The van der Waals surface area contributed by atoms with Gasteiger partial charge in [-0.2, -0.15) is 0 Å². The first kappa shape index (κ1) is 37.8. The van der Waals surface area contributed by atoms with Crippen LogP contribution in [0.5, 0.6) is 0 Å². The van der Waals surface area contributed by atoms with Crippen LogP contribution in [0.3, 0.4) is 0 Å². The summed E-state index contributed by atoms with van der Waals surface area (Å²) in [4.78, 5) is 16.0. The molecule has 0 spiro atoms. The van der Waals surface area contributed by atoms with Crippen LogP contribution in [0.15, 0.2) is 226 Å². The van der Waals surface area contributed by atoms with E-state index in [9.17, 15) is 0 Å². The van der Waals surface area contributed by atoms with Crippen LogP contribution in [0.2, 0.25) is 0 Å². The molecule has 0 aliphatic rings. The smallest absolute Gasteiger partial charge is 0.164 e. The Morgan fingerprint density at radius 2 is 0.638 bits per heavy atom. The number of rotatable bonds is 5. The van der Waals surface area contributed by atoms with Gasteiger partial charge in [-0.15, -0.1) is 0 Å². The van der Waals surface area contributed by atoms with Crippen molar-refractivity contribution in [1.29, 1.82) is 0 Å². The molecule has 15 rings (SSSR count). The van der Waals surface area contributed by atoms with Gasteiger partial charge in [0.2, 0.25) is 0 Å². The first-order valence-corrected chi connectivity index (χ1v) is 23.1. The number of hydrogen-bond acceptors (Lipinski definition) is 6. The third kappa shape index (κ3) is 5.89. The minimum Gasteiger partial charge on any atom is -0.456 e. The van der Waals surface area contributed by atoms with E-state index in [0.29, 0.717) is 17.5 Å². The van der Waals surface area contributed by atoms with E-state index in [-0.39, 0.29) is 0 Å². The Morgan fingerprint density at radius 3 is 1.35 bits per heavy atom. The zero-order valence-electron chi connectivity index (χ0n) is 36.8. The van der Waals surface area contributed by atoms with Gasteiger partial charge >= 0.3 is 0 Å². The second kappa shape index (κ2) is 14.6. The van der Waals surface area contributed by atoms with Crippen molar-refractivity contribution < 1.29 is 13.3 Å². The van der Waals surface area contributed by atoms with Crippen molar-refractivity contribution in [3.8, 4) is 56.4 Å². The van der Waals surface area contributed by atoms with Crippen molar-refractivity contribution in [2.24, 2.45) is 0 Å². The van der Waals surface area contributed by atoms with Crippen molar-refractivity contribution >= 4 is 98.1 Å². The van der Waals surface area contributed by atoms with Crippen molar-refractivity contribution in [1.82, 2.24) is 15.0 Å². The number of benzene rings is 11. The average molecular weight is 882 g/mol. The molecule has 6 nitrogen and oxygen atoms in total. The van der Waals surface area contributed by atoms with Crippen LogP contribution >= 0.6 is 0 Å².